The molecule has 1 aliphatic rings. The van der Waals surface area contributed by atoms with Crippen molar-refractivity contribution in [3.05, 3.63) is 30.0 Å². The Bertz CT molecular complexity index is 563. The summed E-state index contributed by atoms with van der Waals surface area (Å²) in [6, 6.07) is 5.87. The molecule has 1 aliphatic heterocycles. The third-order valence-corrected chi connectivity index (χ3v) is 3.35. The number of rotatable bonds is 2. The van der Waals surface area contributed by atoms with Gasteiger partial charge in [0.2, 0.25) is 0 Å². The molecule has 6 heteroatoms. The largest absolute Gasteiger partial charge is 0.348 e. The molecule has 2 aromatic rings. The Morgan fingerprint density at radius 1 is 1.42 bits per heavy atom. The maximum atomic E-state index is 12.2. The van der Waals surface area contributed by atoms with Gasteiger partial charge in [-0.1, -0.05) is 12.1 Å². The molecular formula is C13H17ClN4O. The van der Waals surface area contributed by atoms with Gasteiger partial charge in [-0.25, -0.2) is 0 Å². The van der Waals surface area contributed by atoms with Crippen LogP contribution in [0.3, 0.4) is 0 Å². The van der Waals surface area contributed by atoms with E-state index in [4.69, 9.17) is 0 Å². The van der Waals surface area contributed by atoms with Gasteiger partial charge in [0.1, 0.15) is 0 Å². The maximum absolute atomic E-state index is 12.2. The Morgan fingerprint density at radius 2 is 2.32 bits per heavy atom. The number of aromatic nitrogens is 2. The SMILES string of the molecule is Cl.O=C(N[C@H]1CCCNC1)c1cccc2cn[nH]c12. The van der Waals surface area contributed by atoms with Crippen molar-refractivity contribution in [3.8, 4) is 0 Å². The molecule has 2 heterocycles. The number of benzene rings is 1. The van der Waals surface area contributed by atoms with Crippen molar-refractivity contribution in [2.45, 2.75) is 18.9 Å². The van der Waals surface area contributed by atoms with Crippen LogP contribution >= 0.6 is 12.4 Å². The molecule has 0 spiro atoms. The number of amides is 1. The number of halogens is 1. The Balaban J connectivity index is 0.00000133. The second-order valence-electron chi connectivity index (χ2n) is 4.66. The average Bonchev–Trinajstić information content (AvgIpc) is 2.87. The van der Waals surface area contributed by atoms with Crippen LogP contribution in [0.15, 0.2) is 24.4 Å². The molecule has 3 rings (SSSR count). The molecule has 1 amide bonds. The van der Waals surface area contributed by atoms with Crippen molar-refractivity contribution < 1.29 is 4.79 Å². The molecule has 1 saturated heterocycles. The normalized spacial score (nSPS) is 18.8. The minimum Gasteiger partial charge on any atom is -0.348 e. The van der Waals surface area contributed by atoms with Crippen LogP contribution in [-0.4, -0.2) is 35.2 Å². The lowest BCUT2D eigenvalue weighted by Crippen LogP contribution is -2.45. The highest BCUT2D eigenvalue weighted by Gasteiger charge is 2.18. The molecule has 0 unspecified atom stereocenters. The number of piperidine rings is 1. The van der Waals surface area contributed by atoms with Gasteiger partial charge >= 0.3 is 0 Å². The number of para-hydroxylation sites is 1. The molecule has 102 valence electrons. The maximum Gasteiger partial charge on any atom is 0.253 e. The highest BCUT2D eigenvalue weighted by molar-refractivity contribution is 6.05. The molecule has 0 bridgehead atoms. The molecule has 0 aliphatic carbocycles. The summed E-state index contributed by atoms with van der Waals surface area (Å²) in [7, 11) is 0. The highest BCUT2D eigenvalue weighted by Crippen LogP contribution is 2.15. The van der Waals surface area contributed by atoms with Crippen LogP contribution in [0.5, 0.6) is 0 Å². The lowest BCUT2D eigenvalue weighted by molar-refractivity contribution is 0.0932. The highest BCUT2D eigenvalue weighted by atomic mass is 35.5. The number of fused-ring (bicyclic) bond motifs is 1. The second kappa shape index (κ2) is 6.04. The summed E-state index contributed by atoms with van der Waals surface area (Å²) >= 11 is 0. The summed E-state index contributed by atoms with van der Waals surface area (Å²) in [4.78, 5) is 12.2. The third kappa shape index (κ3) is 2.88. The third-order valence-electron chi connectivity index (χ3n) is 3.35. The number of aromatic amines is 1. The van der Waals surface area contributed by atoms with Gasteiger partial charge in [0, 0.05) is 18.0 Å². The van der Waals surface area contributed by atoms with Gasteiger partial charge in [0.15, 0.2) is 0 Å². The second-order valence-corrected chi connectivity index (χ2v) is 4.66. The van der Waals surface area contributed by atoms with E-state index in [1.807, 2.05) is 18.2 Å². The first-order valence-corrected chi connectivity index (χ1v) is 6.28. The zero-order valence-corrected chi connectivity index (χ0v) is 11.3. The molecule has 19 heavy (non-hydrogen) atoms. The van der Waals surface area contributed by atoms with Crippen molar-refractivity contribution in [1.82, 2.24) is 20.8 Å². The Morgan fingerprint density at radius 3 is 3.11 bits per heavy atom. The van der Waals surface area contributed by atoms with E-state index < -0.39 is 0 Å². The van der Waals surface area contributed by atoms with E-state index in [2.05, 4.69) is 20.8 Å². The van der Waals surface area contributed by atoms with Gasteiger partial charge in [-0.05, 0) is 25.5 Å². The van der Waals surface area contributed by atoms with Crippen LogP contribution in [0, 0.1) is 0 Å². The number of carbonyl (C=O) groups excluding carboxylic acids is 1. The standard InChI is InChI=1S/C13H16N4O.ClH/c18-13(16-10-4-2-6-14-8-10)11-5-1-3-9-7-15-17-12(9)11;/h1,3,5,7,10,14H,2,4,6,8H2,(H,15,17)(H,16,18);1H/t10-;/m0./s1. The summed E-state index contributed by atoms with van der Waals surface area (Å²) in [6.45, 7) is 1.90. The van der Waals surface area contributed by atoms with E-state index in [0.29, 0.717) is 5.56 Å². The van der Waals surface area contributed by atoms with Crippen LogP contribution in [0.2, 0.25) is 0 Å². The van der Waals surface area contributed by atoms with Gasteiger partial charge in [-0.2, -0.15) is 5.10 Å². The van der Waals surface area contributed by atoms with E-state index in [0.717, 1.165) is 36.8 Å². The van der Waals surface area contributed by atoms with E-state index >= 15 is 0 Å². The number of nitrogens with zero attached hydrogens (tertiary/aromatic N) is 1. The first-order chi connectivity index (χ1) is 8.84. The molecule has 1 fully saturated rings. The van der Waals surface area contributed by atoms with Crippen LogP contribution in [-0.2, 0) is 0 Å². The van der Waals surface area contributed by atoms with Crippen LogP contribution in [0.25, 0.3) is 10.9 Å². The molecule has 1 atom stereocenters. The van der Waals surface area contributed by atoms with Gasteiger partial charge < -0.3 is 10.6 Å². The number of nitrogens with one attached hydrogen (secondary N) is 3. The summed E-state index contributed by atoms with van der Waals surface area (Å²) in [5.74, 6) is -0.0291. The summed E-state index contributed by atoms with van der Waals surface area (Å²) in [5, 5.41) is 14.2. The van der Waals surface area contributed by atoms with E-state index in [1.165, 1.54) is 0 Å². The minimum absolute atomic E-state index is 0. The predicted molar refractivity (Wildman–Crippen MR) is 76.7 cm³/mol. The molecule has 1 aromatic carbocycles. The van der Waals surface area contributed by atoms with Crippen molar-refractivity contribution in [2.75, 3.05) is 13.1 Å². The first-order valence-electron chi connectivity index (χ1n) is 6.28. The van der Waals surface area contributed by atoms with Gasteiger partial charge in [-0.3, -0.25) is 9.89 Å². The van der Waals surface area contributed by atoms with Gasteiger partial charge in [0.05, 0.1) is 17.3 Å². The van der Waals surface area contributed by atoms with Crippen molar-refractivity contribution in [1.29, 1.82) is 0 Å². The van der Waals surface area contributed by atoms with E-state index in [-0.39, 0.29) is 24.4 Å². The zero-order valence-electron chi connectivity index (χ0n) is 10.5. The molecule has 5 nitrogen and oxygen atoms in total. The average molecular weight is 281 g/mol. The number of H-pyrrole nitrogens is 1. The van der Waals surface area contributed by atoms with Crippen molar-refractivity contribution >= 4 is 29.2 Å². The molecular weight excluding hydrogens is 264 g/mol. The Kier molecular flexibility index (Phi) is 4.39. The summed E-state index contributed by atoms with van der Waals surface area (Å²) in [5.41, 5.74) is 1.47. The molecule has 0 saturated carbocycles. The van der Waals surface area contributed by atoms with Crippen molar-refractivity contribution in [2.24, 2.45) is 0 Å². The molecule has 3 N–H and O–H groups in total. The number of hydrogen-bond acceptors (Lipinski definition) is 3. The lowest BCUT2D eigenvalue weighted by atomic mass is 10.1. The first kappa shape index (κ1) is 13.8. The van der Waals surface area contributed by atoms with Gasteiger partial charge in [0.25, 0.3) is 5.91 Å². The topological polar surface area (TPSA) is 69.8 Å². The van der Waals surface area contributed by atoms with Gasteiger partial charge in [-0.15, -0.1) is 12.4 Å². The van der Waals surface area contributed by atoms with E-state index in [1.54, 1.807) is 6.20 Å². The smallest absolute Gasteiger partial charge is 0.253 e. The zero-order chi connectivity index (χ0) is 12.4. The summed E-state index contributed by atoms with van der Waals surface area (Å²) in [6.07, 6.45) is 3.88. The fourth-order valence-corrected chi connectivity index (χ4v) is 2.40. The van der Waals surface area contributed by atoms with Crippen molar-refractivity contribution in [3.63, 3.8) is 0 Å². The quantitative estimate of drug-likeness (QED) is 0.780. The Labute approximate surface area is 117 Å². The predicted octanol–water partition coefficient (Wildman–Crippen LogP) is 1.47. The lowest BCUT2D eigenvalue weighted by Gasteiger charge is -2.23. The van der Waals surface area contributed by atoms with E-state index in [9.17, 15) is 4.79 Å². The monoisotopic (exact) mass is 280 g/mol. The van der Waals surface area contributed by atoms with Crippen LogP contribution in [0.1, 0.15) is 23.2 Å². The Hall–Kier alpha value is -1.59. The number of carbonyl (C=O) groups is 1. The fraction of sp³-hybridized carbons (Fsp3) is 0.385. The molecule has 0 radical (unpaired) electrons. The van der Waals surface area contributed by atoms with Crippen LogP contribution < -0.4 is 10.6 Å². The van der Waals surface area contributed by atoms with Crippen LogP contribution in [0.4, 0.5) is 0 Å². The minimum atomic E-state index is -0.0291. The molecule has 1 aromatic heterocycles. The fourth-order valence-electron chi connectivity index (χ4n) is 2.40. The number of hydrogen-bond donors (Lipinski definition) is 3. The summed E-state index contributed by atoms with van der Waals surface area (Å²) < 4.78 is 0.